The molecule has 0 amide bonds. The van der Waals surface area contributed by atoms with Crippen molar-refractivity contribution >= 4 is 16.1 Å². The summed E-state index contributed by atoms with van der Waals surface area (Å²) in [6.45, 7) is 4.09. The van der Waals surface area contributed by atoms with E-state index < -0.39 is 16.1 Å². The number of methoxy groups -OCH3 is 1. The molecule has 0 heterocycles. The number of hydrogen-bond donors (Lipinski definition) is 0. The molecule has 0 unspecified atom stereocenters. The van der Waals surface area contributed by atoms with E-state index in [1.165, 1.54) is 31.4 Å². The van der Waals surface area contributed by atoms with Gasteiger partial charge in [-0.15, -0.1) is 0 Å². The van der Waals surface area contributed by atoms with Crippen LogP contribution in [0.25, 0.3) is 0 Å². The maximum Gasteiger partial charge on any atom is 0.339 e. The molecule has 5 nitrogen and oxygen atoms in total. The number of ether oxygens (including phenoxy) is 1. The van der Waals surface area contributed by atoms with E-state index in [4.69, 9.17) is 4.18 Å². The number of carbonyl (C=O) groups excluding carboxylic acids is 1. The Morgan fingerprint density at radius 2 is 1.70 bits per heavy atom. The summed E-state index contributed by atoms with van der Waals surface area (Å²) in [6, 6.07) is 12.4. The minimum Gasteiger partial charge on any atom is -0.465 e. The molecule has 0 atom stereocenters. The molecular weight excluding hydrogens is 316 g/mol. The quantitative estimate of drug-likeness (QED) is 0.619. The SMILES string of the molecule is COC(=O)c1cccc(S(=O)(=O)Oc2ccc(C(C)C)cc2)c1. The monoisotopic (exact) mass is 334 g/mol. The van der Waals surface area contributed by atoms with E-state index in [1.54, 1.807) is 12.1 Å². The first-order valence-electron chi connectivity index (χ1n) is 7.06. The highest BCUT2D eigenvalue weighted by Gasteiger charge is 2.19. The van der Waals surface area contributed by atoms with E-state index in [-0.39, 0.29) is 16.2 Å². The maximum absolute atomic E-state index is 12.3. The van der Waals surface area contributed by atoms with Crippen molar-refractivity contribution in [3.8, 4) is 5.75 Å². The highest BCUT2D eigenvalue weighted by Crippen LogP contribution is 2.22. The smallest absolute Gasteiger partial charge is 0.339 e. The van der Waals surface area contributed by atoms with Gasteiger partial charge in [0.15, 0.2) is 0 Å². The third-order valence-electron chi connectivity index (χ3n) is 3.30. The summed E-state index contributed by atoms with van der Waals surface area (Å²) < 4.78 is 34.3. The Bertz CT molecular complexity index is 792. The van der Waals surface area contributed by atoms with E-state index in [0.717, 1.165) is 5.56 Å². The molecule has 0 bridgehead atoms. The van der Waals surface area contributed by atoms with Crippen LogP contribution in [0.3, 0.4) is 0 Å². The van der Waals surface area contributed by atoms with Gasteiger partial charge in [-0.2, -0.15) is 8.42 Å². The molecule has 2 rings (SSSR count). The minimum absolute atomic E-state index is 0.103. The molecule has 0 radical (unpaired) electrons. The average Bonchev–Trinajstić information content (AvgIpc) is 2.54. The molecule has 0 fully saturated rings. The lowest BCUT2D eigenvalue weighted by atomic mass is 10.0. The van der Waals surface area contributed by atoms with Gasteiger partial charge in [-0.1, -0.05) is 32.0 Å². The fourth-order valence-electron chi connectivity index (χ4n) is 1.98. The van der Waals surface area contributed by atoms with Gasteiger partial charge in [0.2, 0.25) is 0 Å². The van der Waals surface area contributed by atoms with Crippen LogP contribution in [0.15, 0.2) is 53.4 Å². The molecule has 0 saturated heterocycles. The summed E-state index contributed by atoms with van der Waals surface area (Å²) in [5.74, 6) is -0.0430. The van der Waals surface area contributed by atoms with E-state index >= 15 is 0 Å². The first-order chi connectivity index (χ1) is 10.8. The lowest BCUT2D eigenvalue weighted by Crippen LogP contribution is -2.11. The van der Waals surface area contributed by atoms with Crippen LogP contribution >= 0.6 is 0 Å². The predicted octanol–water partition coefficient (Wildman–Crippen LogP) is 3.36. The molecular formula is C17H18O5S. The van der Waals surface area contributed by atoms with Crippen molar-refractivity contribution in [2.45, 2.75) is 24.7 Å². The molecule has 0 aliphatic heterocycles. The molecule has 0 spiro atoms. The summed E-state index contributed by atoms with van der Waals surface area (Å²) in [5, 5.41) is 0. The highest BCUT2D eigenvalue weighted by molar-refractivity contribution is 7.87. The lowest BCUT2D eigenvalue weighted by molar-refractivity contribution is 0.0600. The first-order valence-corrected chi connectivity index (χ1v) is 8.47. The van der Waals surface area contributed by atoms with Gasteiger partial charge in [-0.05, 0) is 41.8 Å². The number of carbonyl (C=O) groups is 1. The van der Waals surface area contributed by atoms with Crippen LogP contribution in [-0.2, 0) is 14.9 Å². The van der Waals surface area contributed by atoms with Crippen molar-refractivity contribution in [1.82, 2.24) is 0 Å². The topological polar surface area (TPSA) is 69.7 Å². The van der Waals surface area contributed by atoms with Crippen LogP contribution in [0, 0.1) is 0 Å². The zero-order valence-electron chi connectivity index (χ0n) is 13.1. The molecule has 122 valence electrons. The van der Waals surface area contributed by atoms with E-state index in [1.807, 2.05) is 26.0 Å². The van der Waals surface area contributed by atoms with Crippen molar-refractivity contribution in [2.75, 3.05) is 7.11 Å². The molecule has 6 heteroatoms. The van der Waals surface area contributed by atoms with Gasteiger partial charge < -0.3 is 8.92 Å². The van der Waals surface area contributed by atoms with Crippen molar-refractivity contribution < 1.29 is 22.1 Å². The molecule has 0 aliphatic carbocycles. The summed E-state index contributed by atoms with van der Waals surface area (Å²) >= 11 is 0. The van der Waals surface area contributed by atoms with E-state index in [9.17, 15) is 13.2 Å². The van der Waals surface area contributed by atoms with Gasteiger partial charge >= 0.3 is 16.1 Å². The lowest BCUT2D eigenvalue weighted by Gasteiger charge is -2.10. The Hall–Kier alpha value is -2.34. The number of hydrogen-bond acceptors (Lipinski definition) is 5. The second-order valence-electron chi connectivity index (χ2n) is 5.28. The zero-order valence-corrected chi connectivity index (χ0v) is 14.0. The number of esters is 1. The number of rotatable bonds is 5. The molecule has 2 aromatic rings. The number of benzene rings is 2. The van der Waals surface area contributed by atoms with Crippen molar-refractivity contribution in [3.05, 3.63) is 59.7 Å². The van der Waals surface area contributed by atoms with Gasteiger partial charge in [0.25, 0.3) is 0 Å². The summed E-state index contributed by atoms with van der Waals surface area (Å²) in [4.78, 5) is 11.4. The van der Waals surface area contributed by atoms with Gasteiger partial charge in [0, 0.05) is 0 Å². The Morgan fingerprint density at radius 1 is 1.04 bits per heavy atom. The molecule has 0 aliphatic rings. The average molecular weight is 334 g/mol. The minimum atomic E-state index is -4.02. The standard InChI is InChI=1S/C17H18O5S/c1-12(2)13-7-9-15(10-8-13)22-23(19,20)16-6-4-5-14(11-16)17(18)21-3/h4-12H,1-3H3. The van der Waals surface area contributed by atoms with Gasteiger partial charge in [0.05, 0.1) is 12.7 Å². The Balaban J connectivity index is 2.26. The van der Waals surface area contributed by atoms with Gasteiger partial charge in [0.1, 0.15) is 10.6 Å². The van der Waals surface area contributed by atoms with Gasteiger partial charge in [-0.3, -0.25) is 0 Å². The summed E-state index contributed by atoms with van der Waals surface area (Å²) in [6.07, 6.45) is 0. The second-order valence-corrected chi connectivity index (χ2v) is 6.83. The van der Waals surface area contributed by atoms with Crippen LogP contribution in [0.4, 0.5) is 0 Å². The van der Waals surface area contributed by atoms with Gasteiger partial charge in [-0.25, -0.2) is 4.79 Å². The fraction of sp³-hybridized carbons (Fsp3) is 0.235. The van der Waals surface area contributed by atoms with Crippen molar-refractivity contribution in [2.24, 2.45) is 0 Å². The Kier molecular flexibility index (Phi) is 5.05. The van der Waals surface area contributed by atoms with Crippen molar-refractivity contribution in [1.29, 1.82) is 0 Å². The first kappa shape index (κ1) is 17.0. The fourth-order valence-corrected chi connectivity index (χ4v) is 2.96. The molecule has 2 aromatic carbocycles. The predicted molar refractivity (Wildman–Crippen MR) is 86.1 cm³/mol. The van der Waals surface area contributed by atoms with Crippen LogP contribution in [0.5, 0.6) is 5.75 Å². The highest BCUT2D eigenvalue weighted by atomic mass is 32.2. The summed E-state index contributed by atoms with van der Waals surface area (Å²) in [5.41, 5.74) is 1.23. The Morgan fingerprint density at radius 3 is 2.26 bits per heavy atom. The van der Waals surface area contributed by atoms with E-state index in [2.05, 4.69) is 4.74 Å². The molecule has 0 aromatic heterocycles. The third kappa shape index (κ3) is 4.10. The normalized spacial score (nSPS) is 11.3. The zero-order chi connectivity index (χ0) is 17.0. The molecule has 23 heavy (non-hydrogen) atoms. The molecule has 0 N–H and O–H groups in total. The van der Waals surface area contributed by atoms with Crippen molar-refractivity contribution in [3.63, 3.8) is 0 Å². The van der Waals surface area contributed by atoms with E-state index in [0.29, 0.717) is 5.92 Å². The second kappa shape index (κ2) is 6.83. The largest absolute Gasteiger partial charge is 0.465 e. The van der Waals surface area contributed by atoms with Crippen LogP contribution in [-0.4, -0.2) is 21.5 Å². The third-order valence-corrected chi connectivity index (χ3v) is 4.54. The van der Waals surface area contributed by atoms with Crippen LogP contribution in [0.2, 0.25) is 0 Å². The molecule has 0 saturated carbocycles. The van der Waals surface area contributed by atoms with Crippen LogP contribution < -0.4 is 4.18 Å². The van der Waals surface area contributed by atoms with Crippen LogP contribution in [0.1, 0.15) is 35.7 Å². The Labute approximate surface area is 136 Å². The summed E-state index contributed by atoms with van der Waals surface area (Å²) in [7, 11) is -2.79. The maximum atomic E-state index is 12.3.